The number of pyridine rings is 1. The lowest BCUT2D eigenvalue weighted by atomic mass is 10.2. The Balaban J connectivity index is 2.25. The van der Waals surface area contributed by atoms with Gasteiger partial charge in [0, 0.05) is 32.9 Å². The molecule has 136 valence electrons. The Kier molecular flexibility index (Phi) is 6.29. The predicted octanol–water partition coefficient (Wildman–Crippen LogP) is 2.49. The van der Waals surface area contributed by atoms with E-state index in [1.54, 1.807) is 19.2 Å². The molecule has 0 bridgehead atoms. The minimum atomic E-state index is -3.61. The quantitative estimate of drug-likeness (QED) is 0.742. The molecule has 0 saturated carbocycles. The zero-order valence-corrected chi connectivity index (χ0v) is 16.4. The normalized spacial score (nSPS) is 12.1. The summed E-state index contributed by atoms with van der Waals surface area (Å²) in [6.45, 7) is 0.662. The molecule has 0 aliphatic heterocycles. The largest absolute Gasteiger partial charge is 0.301 e. The molecule has 0 amide bonds. The van der Waals surface area contributed by atoms with Crippen LogP contribution in [-0.4, -0.2) is 43.3 Å². The van der Waals surface area contributed by atoms with E-state index in [4.69, 9.17) is 23.2 Å². The summed E-state index contributed by atoms with van der Waals surface area (Å²) in [4.78, 5) is 14.0. The molecule has 0 radical (unpaired) electrons. The summed E-state index contributed by atoms with van der Waals surface area (Å²) in [5, 5.41) is 0.927. The first kappa shape index (κ1) is 19.9. The average Bonchev–Trinajstić information content (AvgIpc) is 2.53. The van der Waals surface area contributed by atoms with Crippen LogP contribution in [0.4, 0.5) is 0 Å². The molecule has 0 unspecified atom stereocenters. The first-order valence-corrected chi connectivity index (χ1v) is 9.57. The lowest BCUT2D eigenvalue weighted by molar-refractivity contribution is 0.255. The van der Waals surface area contributed by atoms with Crippen molar-refractivity contribution in [1.82, 2.24) is 13.8 Å². The highest BCUT2D eigenvalue weighted by molar-refractivity contribution is 7.89. The molecule has 0 aliphatic rings. The van der Waals surface area contributed by atoms with Gasteiger partial charge in [0.15, 0.2) is 0 Å². The molecule has 9 heteroatoms. The molecular weight excluding hydrogens is 385 g/mol. The highest BCUT2D eigenvalue weighted by Crippen LogP contribution is 2.26. The van der Waals surface area contributed by atoms with Gasteiger partial charge in [-0.1, -0.05) is 35.3 Å². The molecule has 0 aliphatic carbocycles. The van der Waals surface area contributed by atoms with E-state index in [-0.39, 0.29) is 17.1 Å². The highest BCUT2D eigenvalue weighted by atomic mass is 35.5. The van der Waals surface area contributed by atoms with Crippen molar-refractivity contribution in [2.45, 2.75) is 18.1 Å². The van der Waals surface area contributed by atoms with Crippen LogP contribution in [0.3, 0.4) is 0 Å². The molecule has 0 spiro atoms. The van der Waals surface area contributed by atoms with Crippen molar-refractivity contribution in [3.8, 4) is 0 Å². The van der Waals surface area contributed by atoms with Gasteiger partial charge in [-0.05, 0) is 24.7 Å². The van der Waals surface area contributed by atoms with Crippen molar-refractivity contribution in [3.63, 3.8) is 0 Å². The molecule has 6 nitrogen and oxygen atoms in total. The highest BCUT2D eigenvalue weighted by Gasteiger charge is 2.18. The van der Waals surface area contributed by atoms with E-state index in [9.17, 15) is 13.2 Å². The maximum atomic E-state index is 12.2. The molecule has 2 rings (SSSR count). The fraction of sp³-hybridized carbons (Fsp3) is 0.312. The van der Waals surface area contributed by atoms with Crippen LogP contribution in [0.1, 0.15) is 5.56 Å². The summed E-state index contributed by atoms with van der Waals surface area (Å²) < 4.78 is 26.9. The lowest BCUT2D eigenvalue weighted by Gasteiger charge is -2.20. The van der Waals surface area contributed by atoms with Crippen molar-refractivity contribution >= 4 is 33.2 Å². The minimum Gasteiger partial charge on any atom is -0.301 e. The number of sulfonamides is 1. The molecule has 1 aromatic heterocycles. The van der Waals surface area contributed by atoms with Gasteiger partial charge >= 0.3 is 0 Å². The fourth-order valence-electron chi connectivity index (χ4n) is 2.25. The maximum absolute atomic E-state index is 12.2. The van der Waals surface area contributed by atoms with Gasteiger partial charge in [0.25, 0.3) is 5.56 Å². The lowest BCUT2D eigenvalue weighted by Crippen LogP contribution is -2.31. The zero-order chi connectivity index (χ0) is 18.8. The van der Waals surface area contributed by atoms with Gasteiger partial charge in [0.1, 0.15) is 0 Å². The SMILES string of the molecule is CN(Cc1cccc(Cl)c1Cl)Cn1cc(S(=O)(=O)N(C)C)ccc1=O. The molecule has 0 saturated heterocycles. The number of nitrogens with zero attached hydrogens (tertiary/aromatic N) is 3. The first-order valence-electron chi connectivity index (χ1n) is 7.37. The summed E-state index contributed by atoms with van der Waals surface area (Å²) in [7, 11) is 1.08. The topological polar surface area (TPSA) is 62.6 Å². The van der Waals surface area contributed by atoms with Crippen LogP contribution in [0.5, 0.6) is 0 Å². The first-order chi connectivity index (χ1) is 11.6. The van der Waals surface area contributed by atoms with Crippen LogP contribution in [0.2, 0.25) is 10.0 Å². The zero-order valence-electron chi connectivity index (χ0n) is 14.1. The third kappa shape index (κ3) is 4.62. The molecule has 1 heterocycles. The maximum Gasteiger partial charge on any atom is 0.251 e. The second-order valence-electron chi connectivity index (χ2n) is 5.83. The number of aromatic nitrogens is 1. The van der Waals surface area contributed by atoms with Crippen LogP contribution in [-0.2, 0) is 23.2 Å². The van der Waals surface area contributed by atoms with Crippen molar-refractivity contribution in [2.75, 3.05) is 21.1 Å². The second-order valence-corrected chi connectivity index (χ2v) is 8.77. The van der Waals surface area contributed by atoms with Gasteiger partial charge in [0.05, 0.1) is 21.6 Å². The van der Waals surface area contributed by atoms with Crippen LogP contribution in [0, 0.1) is 0 Å². The number of hydrogen-bond acceptors (Lipinski definition) is 4. The third-order valence-corrected chi connectivity index (χ3v) is 6.26. The van der Waals surface area contributed by atoms with Gasteiger partial charge in [-0.15, -0.1) is 0 Å². The summed E-state index contributed by atoms with van der Waals surface area (Å²) >= 11 is 12.2. The Morgan fingerprint density at radius 3 is 2.40 bits per heavy atom. The average molecular weight is 404 g/mol. The molecule has 2 aromatic rings. The Morgan fingerprint density at radius 2 is 1.76 bits per heavy atom. The van der Waals surface area contributed by atoms with Crippen molar-refractivity contribution < 1.29 is 8.42 Å². The van der Waals surface area contributed by atoms with Gasteiger partial charge in [-0.2, -0.15) is 0 Å². The van der Waals surface area contributed by atoms with Crippen molar-refractivity contribution in [1.29, 1.82) is 0 Å². The number of benzene rings is 1. The number of halogens is 2. The molecule has 0 fully saturated rings. The van der Waals surface area contributed by atoms with Crippen molar-refractivity contribution in [2.24, 2.45) is 0 Å². The molecule has 0 atom stereocenters. The van der Waals surface area contributed by atoms with Crippen molar-refractivity contribution in [3.05, 3.63) is 62.5 Å². The predicted molar refractivity (Wildman–Crippen MR) is 99.5 cm³/mol. The minimum absolute atomic E-state index is 0.0614. The van der Waals surface area contributed by atoms with Gasteiger partial charge < -0.3 is 4.57 Å². The molecular formula is C16H19Cl2N3O3S. The monoisotopic (exact) mass is 403 g/mol. The summed E-state index contributed by atoms with van der Waals surface area (Å²) in [6.07, 6.45) is 1.34. The van der Waals surface area contributed by atoms with E-state index in [1.165, 1.54) is 37.0 Å². The second kappa shape index (κ2) is 7.88. The summed E-state index contributed by atoms with van der Waals surface area (Å²) in [6, 6.07) is 7.90. The van der Waals surface area contributed by atoms with Gasteiger partial charge in [-0.25, -0.2) is 12.7 Å². The van der Waals surface area contributed by atoms with E-state index in [0.717, 1.165) is 9.87 Å². The van der Waals surface area contributed by atoms with Crippen LogP contribution < -0.4 is 5.56 Å². The number of hydrogen-bond donors (Lipinski definition) is 0. The van der Waals surface area contributed by atoms with Crippen LogP contribution >= 0.6 is 23.2 Å². The summed E-state index contributed by atoms with van der Waals surface area (Å²) in [5.74, 6) is 0. The summed E-state index contributed by atoms with van der Waals surface area (Å²) in [5.41, 5.74) is 0.531. The third-order valence-electron chi connectivity index (χ3n) is 3.60. The van der Waals surface area contributed by atoms with E-state index >= 15 is 0 Å². The van der Waals surface area contributed by atoms with Gasteiger partial charge in [-0.3, -0.25) is 9.69 Å². The molecule has 0 N–H and O–H groups in total. The van der Waals surface area contributed by atoms with E-state index in [2.05, 4.69) is 0 Å². The Bertz CT molecular complexity index is 926. The van der Waals surface area contributed by atoms with E-state index in [0.29, 0.717) is 16.6 Å². The Hall–Kier alpha value is -1.38. The Morgan fingerprint density at radius 1 is 1.08 bits per heavy atom. The van der Waals surface area contributed by atoms with E-state index < -0.39 is 10.0 Å². The number of rotatable bonds is 6. The van der Waals surface area contributed by atoms with Crippen LogP contribution in [0.15, 0.2) is 46.2 Å². The molecule has 1 aromatic carbocycles. The molecule has 25 heavy (non-hydrogen) atoms. The standard InChI is InChI=1S/C16H19Cl2N3O3S/c1-19(2)25(23,24)13-7-8-15(22)21(10-13)11-20(3)9-12-5-4-6-14(17)16(12)18/h4-8,10H,9,11H2,1-3H3. The Labute approximate surface area is 157 Å². The fourth-order valence-corrected chi connectivity index (χ4v) is 3.56. The van der Waals surface area contributed by atoms with E-state index in [1.807, 2.05) is 11.0 Å². The smallest absolute Gasteiger partial charge is 0.251 e. The van der Waals surface area contributed by atoms with Gasteiger partial charge in [0.2, 0.25) is 10.0 Å². The van der Waals surface area contributed by atoms with Crippen LogP contribution in [0.25, 0.3) is 0 Å².